The van der Waals surface area contributed by atoms with Crippen molar-refractivity contribution in [3.63, 3.8) is 0 Å². The molecular weight excluding hydrogens is 238 g/mol. The second kappa shape index (κ2) is 4.00. The first-order chi connectivity index (χ1) is 6.65. The van der Waals surface area contributed by atoms with E-state index in [9.17, 15) is 0 Å². The third-order valence-corrected chi connectivity index (χ3v) is 3.66. The Kier molecular flexibility index (Phi) is 2.90. The van der Waals surface area contributed by atoms with Crippen molar-refractivity contribution in [1.29, 1.82) is 0 Å². The van der Waals surface area contributed by atoms with Gasteiger partial charge in [0.15, 0.2) is 0 Å². The smallest absolute Gasteiger partial charge is 0.208 e. The molecule has 0 bridgehead atoms. The van der Waals surface area contributed by atoms with Gasteiger partial charge in [0.05, 0.1) is 9.23 Å². The van der Waals surface area contributed by atoms with Gasteiger partial charge < -0.3 is 10.6 Å². The van der Waals surface area contributed by atoms with Crippen LogP contribution in [0.25, 0.3) is 0 Å². The average molecular weight is 248 g/mol. The highest BCUT2D eigenvalue weighted by Gasteiger charge is 2.16. The fraction of sp³-hybridized carbons (Fsp3) is 0.375. The molecule has 1 aromatic rings. The lowest BCUT2D eigenvalue weighted by Gasteiger charge is -2.17. The number of nitrogens with one attached hydrogen (secondary N) is 2. The molecule has 6 heteroatoms. The van der Waals surface area contributed by atoms with Gasteiger partial charge in [-0.1, -0.05) is 11.6 Å². The second-order valence-corrected chi connectivity index (χ2v) is 5.69. The Balaban J connectivity index is 2.12. The third-order valence-electron chi connectivity index (χ3n) is 1.56. The molecular formula is C8H10ClN3S2. The highest BCUT2D eigenvalue weighted by molar-refractivity contribution is 7.98. The van der Waals surface area contributed by atoms with Crippen molar-refractivity contribution in [3.05, 3.63) is 10.4 Å². The maximum absolute atomic E-state index is 5.90. The molecule has 1 aromatic heterocycles. The van der Waals surface area contributed by atoms with E-state index in [1.165, 1.54) is 23.3 Å². The summed E-state index contributed by atoms with van der Waals surface area (Å²) >= 11 is 8.88. The largest absolute Gasteiger partial charge is 0.353 e. The van der Waals surface area contributed by atoms with E-state index in [1.54, 1.807) is 0 Å². The van der Waals surface area contributed by atoms with Crippen LogP contribution in [0.3, 0.4) is 0 Å². The molecule has 0 saturated heterocycles. The fourth-order valence-electron chi connectivity index (χ4n) is 1.06. The highest BCUT2D eigenvalue weighted by atomic mass is 35.5. The Morgan fingerprint density at radius 1 is 1.57 bits per heavy atom. The molecule has 0 aromatic carbocycles. The summed E-state index contributed by atoms with van der Waals surface area (Å²) in [5.41, 5.74) is 0. The molecule has 0 radical (unpaired) electrons. The number of fused-ring (bicyclic) bond motifs is 1. The Hall–Kier alpha value is -0.390. The molecule has 2 N–H and O–H groups in total. The summed E-state index contributed by atoms with van der Waals surface area (Å²) in [7, 11) is 0. The second-order valence-electron chi connectivity index (χ2n) is 3.20. The first-order valence-electron chi connectivity index (χ1n) is 4.23. The summed E-state index contributed by atoms with van der Waals surface area (Å²) < 4.78 is 5.07. The Morgan fingerprint density at radius 2 is 2.36 bits per heavy atom. The van der Waals surface area contributed by atoms with Crippen LogP contribution < -0.4 is 10.6 Å². The number of thiophene rings is 1. The van der Waals surface area contributed by atoms with Crippen LogP contribution in [-0.2, 0) is 0 Å². The zero-order valence-corrected chi connectivity index (χ0v) is 10.2. The van der Waals surface area contributed by atoms with Crippen molar-refractivity contribution in [3.8, 4) is 0 Å². The van der Waals surface area contributed by atoms with E-state index in [0.29, 0.717) is 6.04 Å². The van der Waals surface area contributed by atoms with Crippen LogP contribution in [0.5, 0.6) is 0 Å². The van der Waals surface area contributed by atoms with Crippen LogP contribution in [0, 0.1) is 0 Å². The summed E-state index contributed by atoms with van der Waals surface area (Å²) in [5, 5.41) is 7.48. The van der Waals surface area contributed by atoms with E-state index < -0.39 is 0 Å². The van der Waals surface area contributed by atoms with Gasteiger partial charge in [-0.3, -0.25) is 0 Å². The van der Waals surface area contributed by atoms with Crippen molar-refractivity contribution in [2.24, 2.45) is 4.40 Å². The van der Waals surface area contributed by atoms with Gasteiger partial charge in [-0.05, 0) is 19.9 Å². The highest BCUT2D eigenvalue weighted by Crippen LogP contribution is 2.40. The minimum atomic E-state index is 0.374. The minimum Gasteiger partial charge on any atom is -0.353 e. The quantitative estimate of drug-likeness (QED) is 0.749. The molecule has 2 heterocycles. The fourth-order valence-corrected chi connectivity index (χ4v) is 3.05. The van der Waals surface area contributed by atoms with E-state index in [0.717, 1.165) is 20.2 Å². The van der Waals surface area contributed by atoms with Crippen LogP contribution in [0.4, 0.5) is 5.00 Å². The summed E-state index contributed by atoms with van der Waals surface area (Å²) in [4.78, 5) is 1.09. The molecule has 0 amide bonds. The average Bonchev–Trinajstić information content (AvgIpc) is 2.42. The van der Waals surface area contributed by atoms with Gasteiger partial charge in [-0.2, -0.15) is 4.40 Å². The molecule has 3 nitrogen and oxygen atoms in total. The van der Waals surface area contributed by atoms with E-state index >= 15 is 0 Å². The molecule has 0 saturated carbocycles. The predicted molar refractivity (Wildman–Crippen MR) is 64.5 cm³/mol. The molecule has 1 aliphatic rings. The summed E-state index contributed by atoms with van der Waals surface area (Å²) in [6.07, 6.45) is 0. The lowest BCUT2D eigenvalue weighted by Crippen LogP contribution is -2.36. The van der Waals surface area contributed by atoms with Crippen molar-refractivity contribution in [2.45, 2.75) is 24.8 Å². The molecule has 76 valence electrons. The van der Waals surface area contributed by atoms with Gasteiger partial charge in [0.25, 0.3) is 0 Å². The molecule has 0 spiro atoms. The molecule has 1 aliphatic heterocycles. The Morgan fingerprint density at radius 3 is 3.07 bits per heavy atom. The van der Waals surface area contributed by atoms with Gasteiger partial charge in [0, 0.05) is 18.0 Å². The molecule has 0 unspecified atom stereocenters. The van der Waals surface area contributed by atoms with E-state index in [4.69, 9.17) is 11.6 Å². The molecule has 14 heavy (non-hydrogen) atoms. The lowest BCUT2D eigenvalue weighted by molar-refractivity contribution is 0.733. The summed E-state index contributed by atoms with van der Waals surface area (Å²) in [6.45, 7) is 4.15. The molecule has 0 fully saturated rings. The van der Waals surface area contributed by atoms with Crippen LogP contribution >= 0.6 is 34.9 Å². The first kappa shape index (κ1) is 10.1. The minimum absolute atomic E-state index is 0.374. The number of halogens is 1. The number of nitrogens with zero attached hydrogens (tertiary/aromatic N) is 1. The van der Waals surface area contributed by atoms with Crippen LogP contribution in [0.15, 0.2) is 15.4 Å². The lowest BCUT2D eigenvalue weighted by atomic mass is 10.4. The molecule has 0 atom stereocenters. The van der Waals surface area contributed by atoms with Crippen LogP contribution in [0.1, 0.15) is 13.8 Å². The van der Waals surface area contributed by atoms with Crippen molar-refractivity contribution in [2.75, 3.05) is 5.32 Å². The maximum atomic E-state index is 5.90. The van der Waals surface area contributed by atoms with Crippen molar-refractivity contribution in [1.82, 2.24) is 5.32 Å². The Bertz CT molecular complexity index is 373. The maximum Gasteiger partial charge on any atom is 0.208 e. The molecule has 2 rings (SSSR count). The number of hydrogen-bond acceptors (Lipinski definition) is 5. The van der Waals surface area contributed by atoms with E-state index in [-0.39, 0.29) is 0 Å². The standard InChI is InChI=1S/C8H10ClN3S2/c1-4(2)10-8-11-7-5(14-12-8)3-6(9)13-7/h3-4H,1-2H3,(H2,10,11,12). The Labute approximate surface area is 96.1 Å². The van der Waals surface area contributed by atoms with Crippen LogP contribution in [0.2, 0.25) is 4.34 Å². The van der Waals surface area contributed by atoms with Gasteiger partial charge >= 0.3 is 0 Å². The summed E-state index contributed by atoms with van der Waals surface area (Å²) in [6, 6.07) is 2.30. The number of guanidine groups is 1. The van der Waals surface area contributed by atoms with E-state index in [1.807, 2.05) is 6.07 Å². The predicted octanol–water partition coefficient (Wildman–Crippen LogP) is 3.19. The normalized spacial score (nSPS) is 14.7. The summed E-state index contributed by atoms with van der Waals surface area (Å²) in [5.74, 6) is 0.802. The number of anilines is 1. The number of hydrogen-bond donors (Lipinski definition) is 2. The van der Waals surface area contributed by atoms with Gasteiger partial charge in [0.2, 0.25) is 5.96 Å². The van der Waals surface area contributed by atoms with Crippen molar-refractivity contribution >= 4 is 45.8 Å². The van der Waals surface area contributed by atoms with Gasteiger partial charge in [0.1, 0.15) is 5.00 Å². The monoisotopic (exact) mass is 247 g/mol. The molecule has 0 aliphatic carbocycles. The van der Waals surface area contributed by atoms with Crippen LogP contribution in [-0.4, -0.2) is 12.0 Å². The SMILES string of the molecule is CC(C)NC1=NSc2cc(Cl)sc2N1. The van der Waals surface area contributed by atoms with Gasteiger partial charge in [-0.15, -0.1) is 11.3 Å². The first-order valence-corrected chi connectivity index (χ1v) is 6.20. The number of rotatable bonds is 1. The van der Waals surface area contributed by atoms with Crippen molar-refractivity contribution < 1.29 is 0 Å². The zero-order valence-electron chi connectivity index (χ0n) is 7.80. The third kappa shape index (κ3) is 2.16. The van der Waals surface area contributed by atoms with E-state index in [2.05, 4.69) is 28.9 Å². The van der Waals surface area contributed by atoms with Gasteiger partial charge in [-0.25, -0.2) is 0 Å². The topological polar surface area (TPSA) is 36.4 Å². The zero-order chi connectivity index (χ0) is 10.1.